The number of imidazole rings is 1. The van der Waals surface area contributed by atoms with Crippen LogP contribution in [0.3, 0.4) is 0 Å². The first kappa shape index (κ1) is 22.7. The molecule has 3 heterocycles. The molecule has 8 heteroatoms. The summed E-state index contributed by atoms with van der Waals surface area (Å²) in [6, 6.07) is 8.06. The summed E-state index contributed by atoms with van der Waals surface area (Å²) < 4.78 is 27.2. The van der Waals surface area contributed by atoms with Crippen LogP contribution in [0.5, 0.6) is 5.88 Å². The lowest BCUT2D eigenvalue weighted by Gasteiger charge is -2.49. The molecule has 0 amide bonds. The Morgan fingerprint density at radius 2 is 1.84 bits per heavy atom. The maximum atomic E-state index is 13.8. The Morgan fingerprint density at radius 3 is 2.47 bits per heavy atom. The summed E-state index contributed by atoms with van der Waals surface area (Å²) >= 11 is 6.07. The Hall–Kier alpha value is -2.48. The minimum absolute atomic E-state index is 0.00565. The number of rotatable bonds is 4. The van der Waals surface area contributed by atoms with Gasteiger partial charge in [-0.3, -0.25) is 4.57 Å². The van der Waals surface area contributed by atoms with E-state index >= 15 is 0 Å². The summed E-state index contributed by atoms with van der Waals surface area (Å²) in [6.45, 7) is 7.84. The molecule has 0 spiro atoms. The highest BCUT2D eigenvalue weighted by Gasteiger charge is 2.49. The van der Waals surface area contributed by atoms with Gasteiger partial charge in [-0.25, -0.2) is 14.4 Å². The van der Waals surface area contributed by atoms with E-state index in [4.69, 9.17) is 26.1 Å². The van der Waals surface area contributed by atoms with Crippen LogP contribution in [0.1, 0.15) is 46.2 Å². The molecule has 32 heavy (non-hydrogen) atoms. The summed E-state index contributed by atoms with van der Waals surface area (Å²) in [6.07, 6.45) is 4.13. The third kappa shape index (κ3) is 4.25. The summed E-state index contributed by atoms with van der Waals surface area (Å²) in [5, 5.41) is 11.8. The number of aromatic nitrogens is 3. The van der Waals surface area contributed by atoms with Gasteiger partial charge in [0.1, 0.15) is 17.2 Å². The highest BCUT2D eigenvalue weighted by atomic mass is 35.5. The summed E-state index contributed by atoms with van der Waals surface area (Å²) in [5.41, 5.74) is -0.605. The maximum absolute atomic E-state index is 13.8. The van der Waals surface area contributed by atoms with Gasteiger partial charge in [0.2, 0.25) is 5.88 Å². The Balaban J connectivity index is 1.93. The van der Waals surface area contributed by atoms with Crippen molar-refractivity contribution in [2.75, 3.05) is 7.11 Å². The fourth-order valence-corrected chi connectivity index (χ4v) is 5.00. The first-order valence-electron chi connectivity index (χ1n) is 10.4. The molecule has 0 atom stereocenters. The molecule has 0 unspecified atom stereocenters. The predicted molar refractivity (Wildman–Crippen MR) is 121 cm³/mol. The van der Waals surface area contributed by atoms with E-state index in [1.165, 1.54) is 19.2 Å². The second-order valence-corrected chi connectivity index (χ2v) is 9.89. The Bertz CT molecular complexity index is 1140. The van der Waals surface area contributed by atoms with E-state index in [2.05, 4.69) is 4.98 Å². The number of aliphatic hydroxyl groups is 1. The van der Waals surface area contributed by atoms with Gasteiger partial charge in [0, 0.05) is 30.9 Å². The highest BCUT2D eigenvalue weighted by molar-refractivity contribution is 6.30. The van der Waals surface area contributed by atoms with Crippen LogP contribution in [-0.4, -0.2) is 38.0 Å². The second-order valence-electron chi connectivity index (χ2n) is 9.48. The van der Waals surface area contributed by atoms with Crippen LogP contribution in [0.15, 0.2) is 42.7 Å². The molecule has 6 nitrogen and oxygen atoms in total. The molecule has 0 bridgehead atoms. The van der Waals surface area contributed by atoms with Gasteiger partial charge in [-0.15, -0.1) is 0 Å². The molecular formula is C24H27ClFN3O3. The van der Waals surface area contributed by atoms with E-state index in [0.717, 1.165) is 0 Å². The fourth-order valence-electron chi connectivity index (χ4n) is 4.82. The topological polar surface area (TPSA) is 69.4 Å². The molecule has 170 valence electrons. The van der Waals surface area contributed by atoms with Crippen molar-refractivity contribution in [3.63, 3.8) is 0 Å². The molecule has 0 aliphatic carbocycles. The molecule has 3 aromatic rings. The average molecular weight is 460 g/mol. The Kier molecular flexibility index (Phi) is 5.56. The van der Waals surface area contributed by atoms with Crippen molar-refractivity contribution in [2.45, 2.75) is 57.3 Å². The summed E-state index contributed by atoms with van der Waals surface area (Å²) in [7, 11) is 1.53. The normalized spacial score (nSPS) is 19.0. The zero-order valence-corrected chi connectivity index (χ0v) is 19.6. The van der Waals surface area contributed by atoms with Gasteiger partial charge in [0.25, 0.3) is 0 Å². The highest BCUT2D eigenvalue weighted by Crippen LogP contribution is 2.46. The van der Waals surface area contributed by atoms with Crippen LogP contribution in [0.25, 0.3) is 17.1 Å². The SMILES string of the molecule is COc1ncccc1-c1nc(C2(O)CC(C)(C)OC(C)(C)C2)cn1-c1ccc(F)c(Cl)c1. The van der Waals surface area contributed by atoms with Crippen molar-refractivity contribution < 1.29 is 19.0 Å². The van der Waals surface area contributed by atoms with E-state index in [0.29, 0.717) is 41.5 Å². The van der Waals surface area contributed by atoms with Crippen molar-refractivity contribution in [1.82, 2.24) is 14.5 Å². The van der Waals surface area contributed by atoms with Crippen molar-refractivity contribution in [3.05, 3.63) is 59.3 Å². The van der Waals surface area contributed by atoms with Gasteiger partial charge >= 0.3 is 0 Å². The van der Waals surface area contributed by atoms with Gasteiger partial charge in [0.15, 0.2) is 0 Å². The smallest absolute Gasteiger partial charge is 0.224 e. The number of hydrogen-bond acceptors (Lipinski definition) is 5. The van der Waals surface area contributed by atoms with E-state index in [-0.39, 0.29) is 5.02 Å². The van der Waals surface area contributed by atoms with Gasteiger partial charge < -0.3 is 14.6 Å². The van der Waals surface area contributed by atoms with Crippen LogP contribution in [-0.2, 0) is 10.3 Å². The lowest BCUT2D eigenvalue weighted by molar-refractivity contribution is -0.224. The van der Waals surface area contributed by atoms with Crippen LogP contribution < -0.4 is 4.74 Å². The number of hydrogen-bond donors (Lipinski definition) is 1. The third-order valence-electron chi connectivity index (χ3n) is 5.56. The minimum atomic E-state index is -1.23. The summed E-state index contributed by atoms with van der Waals surface area (Å²) in [5.74, 6) is 0.379. The first-order valence-corrected chi connectivity index (χ1v) is 10.8. The van der Waals surface area contributed by atoms with Gasteiger partial charge in [-0.2, -0.15) is 0 Å². The number of benzene rings is 1. The second kappa shape index (κ2) is 7.83. The number of nitrogens with zero attached hydrogens (tertiary/aromatic N) is 3. The molecule has 2 aromatic heterocycles. The van der Waals surface area contributed by atoms with E-state index < -0.39 is 22.6 Å². The lowest BCUT2D eigenvalue weighted by atomic mass is 9.76. The van der Waals surface area contributed by atoms with Crippen molar-refractivity contribution in [3.8, 4) is 23.0 Å². The van der Waals surface area contributed by atoms with Crippen molar-refractivity contribution >= 4 is 11.6 Å². The zero-order chi connectivity index (χ0) is 23.3. The zero-order valence-electron chi connectivity index (χ0n) is 18.8. The van der Waals surface area contributed by atoms with Crippen molar-refractivity contribution in [1.29, 1.82) is 0 Å². The fraction of sp³-hybridized carbons (Fsp3) is 0.417. The molecule has 1 aliphatic rings. The third-order valence-corrected chi connectivity index (χ3v) is 5.85. The monoisotopic (exact) mass is 459 g/mol. The molecule has 1 N–H and O–H groups in total. The Morgan fingerprint density at radius 1 is 1.16 bits per heavy atom. The lowest BCUT2D eigenvalue weighted by Crippen LogP contribution is -2.52. The molecule has 4 rings (SSSR count). The van der Waals surface area contributed by atoms with E-state index in [1.54, 1.807) is 29.1 Å². The van der Waals surface area contributed by atoms with Crippen molar-refractivity contribution in [2.24, 2.45) is 0 Å². The molecule has 1 aliphatic heterocycles. The van der Waals surface area contributed by atoms with Gasteiger partial charge in [-0.05, 0) is 58.0 Å². The van der Waals surface area contributed by atoms with Crippen LogP contribution in [0.2, 0.25) is 5.02 Å². The van der Waals surface area contributed by atoms with Crippen LogP contribution in [0.4, 0.5) is 4.39 Å². The van der Waals surface area contributed by atoms with Crippen LogP contribution in [0, 0.1) is 5.82 Å². The first-order chi connectivity index (χ1) is 14.9. The molecule has 1 saturated heterocycles. The summed E-state index contributed by atoms with van der Waals surface area (Å²) in [4.78, 5) is 9.13. The Labute approximate surface area is 192 Å². The quantitative estimate of drug-likeness (QED) is 0.574. The van der Waals surface area contributed by atoms with E-state index in [9.17, 15) is 9.50 Å². The minimum Gasteiger partial charge on any atom is -0.480 e. The molecule has 0 radical (unpaired) electrons. The molecule has 0 saturated carbocycles. The molecule has 1 fully saturated rings. The molecule has 1 aromatic carbocycles. The van der Waals surface area contributed by atoms with Crippen LogP contribution >= 0.6 is 11.6 Å². The standard InChI is InChI=1S/C24H27ClFN3O3/c1-22(2)13-24(30,14-23(3,4)32-22)19-12-29(15-8-9-18(26)17(25)11-15)20(28-19)16-7-6-10-27-21(16)31-5/h6-12,30H,13-14H2,1-5H3. The van der Waals surface area contributed by atoms with E-state index in [1.807, 2.05) is 33.8 Å². The van der Waals surface area contributed by atoms with Gasteiger partial charge in [0.05, 0.1) is 34.6 Å². The maximum Gasteiger partial charge on any atom is 0.224 e. The van der Waals surface area contributed by atoms with Gasteiger partial charge in [-0.1, -0.05) is 11.6 Å². The number of methoxy groups -OCH3 is 1. The number of ether oxygens (including phenoxy) is 2. The molecular weight excluding hydrogens is 433 g/mol. The number of halogens is 2. The largest absolute Gasteiger partial charge is 0.480 e. The average Bonchev–Trinajstić information content (AvgIpc) is 3.13. The number of pyridine rings is 1. The predicted octanol–water partition coefficient (Wildman–Crippen LogP) is 5.29.